The second-order valence-corrected chi connectivity index (χ2v) is 4.53. The van der Waals surface area contributed by atoms with E-state index in [4.69, 9.17) is 22.7 Å². The highest BCUT2D eigenvalue weighted by Crippen LogP contribution is 2.35. The summed E-state index contributed by atoms with van der Waals surface area (Å²) in [6.07, 6.45) is -5.64. The van der Waals surface area contributed by atoms with Crippen LogP contribution in [0.1, 0.15) is 11.1 Å². The maximum atomic E-state index is 12.6. The van der Waals surface area contributed by atoms with Gasteiger partial charge in [-0.25, -0.2) is 0 Å². The molecule has 0 spiro atoms. The van der Waals surface area contributed by atoms with Crippen LogP contribution in [-0.4, -0.2) is 30.8 Å². The summed E-state index contributed by atoms with van der Waals surface area (Å²) in [5.41, 5.74) is 6.22. The Morgan fingerprint density at radius 1 is 1.24 bits per heavy atom. The Morgan fingerprint density at radius 2 is 1.86 bits per heavy atom. The van der Waals surface area contributed by atoms with Gasteiger partial charge < -0.3 is 15.2 Å². The number of thiocarbonyl (C=S) groups is 1. The fraction of sp³-hybridized carbons (Fsp3) is 0.417. The highest BCUT2D eigenvalue weighted by Gasteiger charge is 2.57. The Balaban J connectivity index is 2.71. The van der Waals surface area contributed by atoms with Crippen molar-refractivity contribution in [1.29, 1.82) is 0 Å². The maximum absolute atomic E-state index is 12.6. The van der Waals surface area contributed by atoms with Crippen molar-refractivity contribution in [2.75, 3.05) is 13.7 Å². The molecule has 118 valence electrons. The molecular weight excluding hydrogens is 317 g/mol. The number of alkyl halides is 5. The van der Waals surface area contributed by atoms with Gasteiger partial charge in [0.15, 0.2) is 0 Å². The van der Waals surface area contributed by atoms with E-state index in [0.29, 0.717) is 11.1 Å². The predicted molar refractivity (Wildman–Crippen MR) is 69.5 cm³/mol. The third-order valence-corrected chi connectivity index (χ3v) is 2.72. The minimum Gasteiger partial charge on any atom is -0.496 e. The molecule has 3 nitrogen and oxygen atoms in total. The summed E-state index contributed by atoms with van der Waals surface area (Å²) < 4.78 is 70.5. The van der Waals surface area contributed by atoms with E-state index < -0.39 is 25.3 Å². The molecule has 0 aliphatic heterocycles. The first-order chi connectivity index (χ1) is 9.58. The van der Waals surface area contributed by atoms with Crippen molar-refractivity contribution < 1.29 is 31.4 Å². The van der Waals surface area contributed by atoms with Gasteiger partial charge in [0, 0.05) is 0 Å². The number of nitrogens with two attached hydrogens (primary N) is 1. The number of ether oxygens (including phenoxy) is 2. The highest BCUT2D eigenvalue weighted by atomic mass is 32.1. The summed E-state index contributed by atoms with van der Waals surface area (Å²) in [5.74, 6) is -4.61. The Bertz CT molecular complexity index is 519. The number of hydrogen-bond acceptors (Lipinski definition) is 3. The van der Waals surface area contributed by atoms with Gasteiger partial charge in [-0.05, 0) is 17.7 Å². The lowest BCUT2D eigenvalue weighted by atomic mass is 10.1. The zero-order chi connectivity index (χ0) is 16.3. The zero-order valence-corrected chi connectivity index (χ0v) is 11.7. The van der Waals surface area contributed by atoms with E-state index in [2.05, 4.69) is 4.74 Å². The van der Waals surface area contributed by atoms with Gasteiger partial charge in [-0.15, -0.1) is 0 Å². The first-order valence-electron chi connectivity index (χ1n) is 5.57. The number of benzene rings is 1. The summed E-state index contributed by atoms with van der Waals surface area (Å²) in [6, 6.07) is 4.32. The molecule has 9 heteroatoms. The molecule has 0 unspecified atom stereocenters. The first kappa shape index (κ1) is 17.6. The molecule has 0 saturated heterocycles. The van der Waals surface area contributed by atoms with E-state index >= 15 is 0 Å². The average molecular weight is 329 g/mol. The number of methoxy groups -OCH3 is 1. The molecule has 0 heterocycles. The normalized spacial score (nSPS) is 12.3. The van der Waals surface area contributed by atoms with Crippen LogP contribution in [0.3, 0.4) is 0 Å². The van der Waals surface area contributed by atoms with Gasteiger partial charge in [-0.2, -0.15) is 22.0 Å². The molecule has 2 N–H and O–H groups in total. The summed E-state index contributed by atoms with van der Waals surface area (Å²) in [5, 5.41) is 0. The fourth-order valence-electron chi connectivity index (χ4n) is 1.41. The summed E-state index contributed by atoms with van der Waals surface area (Å²) in [7, 11) is 1.35. The van der Waals surface area contributed by atoms with Gasteiger partial charge in [0.1, 0.15) is 17.3 Å². The molecule has 21 heavy (non-hydrogen) atoms. The van der Waals surface area contributed by atoms with E-state index in [1.807, 2.05) is 0 Å². The molecule has 1 rings (SSSR count). The molecule has 0 saturated carbocycles. The first-order valence-corrected chi connectivity index (χ1v) is 5.98. The monoisotopic (exact) mass is 329 g/mol. The molecule has 1 aromatic carbocycles. The van der Waals surface area contributed by atoms with Crippen LogP contribution in [0.15, 0.2) is 18.2 Å². The number of rotatable bonds is 6. The summed E-state index contributed by atoms with van der Waals surface area (Å²) in [4.78, 5) is 0.0722. The van der Waals surface area contributed by atoms with Crippen molar-refractivity contribution in [2.24, 2.45) is 5.73 Å². The van der Waals surface area contributed by atoms with Crippen molar-refractivity contribution in [3.8, 4) is 5.75 Å². The minimum absolute atomic E-state index is 0.0722. The lowest BCUT2D eigenvalue weighted by Gasteiger charge is -2.19. The molecule has 1 aromatic rings. The fourth-order valence-corrected chi connectivity index (χ4v) is 1.58. The summed E-state index contributed by atoms with van der Waals surface area (Å²) in [6.45, 7) is -2.19. The van der Waals surface area contributed by atoms with Crippen LogP contribution in [0.2, 0.25) is 0 Å². The zero-order valence-electron chi connectivity index (χ0n) is 10.8. The molecule has 0 radical (unpaired) electrons. The van der Waals surface area contributed by atoms with E-state index in [1.165, 1.54) is 25.3 Å². The van der Waals surface area contributed by atoms with Gasteiger partial charge >= 0.3 is 12.1 Å². The van der Waals surface area contributed by atoms with Crippen LogP contribution in [0.5, 0.6) is 5.75 Å². The van der Waals surface area contributed by atoms with Gasteiger partial charge in [0.25, 0.3) is 0 Å². The van der Waals surface area contributed by atoms with Crippen molar-refractivity contribution in [2.45, 2.75) is 18.7 Å². The largest absolute Gasteiger partial charge is 0.496 e. The van der Waals surface area contributed by atoms with Crippen LogP contribution < -0.4 is 10.5 Å². The smallest absolute Gasteiger partial charge is 0.455 e. The third kappa shape index (κ3) is 4.50. The van der Waals surface area contributed by atoms with Crippen molar-refractivity contribution in [1.82, 2.24) is 0 Å². The average Bonchev–Trinajstić information content (AvgIpc) is 2.36. The molecule has 0 amide bonds. The summed E-state index contributed by atoms with van der Waals surface area (Å²) >= 11 is 4.78. The van der Waals surface area contributed by atoms with Gasteiger partial charge in [-0.1, -0.05) is 18.3 Å². The van der Waals surface area contributed by atoms with Crippen LogP contribution >= 0.6 is 12.2 Å². The Kier molecular flexibility index (Phi) is 5.46. The van der Waals surface area contributed by atoms with E-state index in [0.717, 1.165) is 0 Å². The second kappa shape index (κ2) is 6.52. The van der Waals surface area contributed by atoms with Crippen LogP contribution in [-0.2, 0) is 11.3 Å². The molecule has 0 fully saturated rings. The number of hydrogen-bond donors (Lipinski definition) is 1. The molecular formula is C12H12F5NO2S. The van der Waals surface area contributed by atoms with Gasteiger partial charge in [0.2, 0.25) is 0 Å². The number of halogens is 5. The standard InChI is InChI=1S/C12H12F5NO2S/c1-19-9-4-7(2-3-8(9)10(18)21)5-20-6-11(13,14)12(15,16)17/h2-4H,5-6H2,1H3,(H2,18,21). The highest BCUT2D eigenvalue weighted by molar-refractivity contribution is 7.80. The van der Waals surface area contributed by atoms with E-state index in [9.17, 15) is 22.0 Å². The van der Waals surface area contributed by atoms with Crippen LogP contribution in [0, 0.1) is 0 Å². The van der Waals surface area contributed by atoms with Crippen molar-refractivity contribution in [3.05, 3.63) is 29.3 Å². The van der Waals surface area contributed by atoms with E-state index in [-0.39, 0.29) is 10.7 Å². The minimum atomic E-state index is -5.64. The lowest BCUT2D eigenvalue weighted by Crippen LogP contribution is -2.40. The third-order valence-electron chi connectivity index (χ3n) is 2.50. The Labute approximate surface area is 122 Å². The van der Waals surface area contributed by atoms with E-state index in [1.54, 1.807) is 0 Å². The molecule has 0 bridgehead atoms. The second-order valence-electron chi connectivity index (χ2n) is 4.09. The van der Waals surface area contributed by atoms with Crippen LogP contribution in [0.4, 0.5) is 22.0 Å². The SMILES string of the molecule is COc1cc(COCC(F)(F)C(F)(F)F)ccc1C(N)=S. The topological polar surface area (TPSA) is 44.5 Å². The Hall–Kier alpha value is -1.48. The quantitative estimate of drug-likeness (QED) is 0.644. The van der Waals surface area contributed by atoms with Crippen molar-refractivity contribution >= 4 is 17.2 Å². The molecule has 0 aliphatic carbocycles. The maximum Gasteiger partial charge on any atom is 0.455 e. The van der Waals surface area contributed by atoms with Crippen molar-refractivity contribution in [3.63, 3.8) is 0 Å². The van der Waals surface area contributed by atoms with Gasteiger partial charge in [-0.3, -0.25) is 0 Å². The molecule has 0 atom stereocenters. The van der Waals surface area contributed by atoms with Gasteiger partial charge in [0.05, 0.1) is 19.3 Å². The predicted octanol–water partition coefficient (Wildman–Crippen LogP) is 3.04. The Morgan fingerprint density at radius 3 is 2.33 bits per heavy atom. The van der Waals surface area contributed by atoms with Crippen LogP contribution in [0.25, 0.3) is 0 Å². The molecule has 0 aliphatic rings. The molecule has 0 aromatic heterocycles. The lowest BCUT2D eigenvalue weighted by molar-refractivity contribution is -0.297.